The van der Waals surface area contributed by atoms with Crippen LogP contribution in [0.5, 0.6) is 0 Å². The zero-order chi connectivity index (χ0) is 16.1. The summed E-state index contributed by atoms with van der Waals surface area (Å²) in [5.74, 6) is -0.810. The number of quaternary nitrogens is 1. The first-order chi connectivity index (χ1) is 10.5. The number of carbonyl (C=O) groups excluding carboxylic acids is 1. The first-order valence-corrected chi connectivity index (χ1v) is 7.55. The number of hydrogen-bond donors (Lipinski definition) is 2. The molecule has 3 N–H and O–H groups in total. The van der Waals surface area contributed by atoms with Crippen LogP contribution in [0.15, 0.2) is 42.5 Å². The number of rotatable bonds is 5. The summed E-state index contributed by atoms with van der Waals surface area (Å²) < 4.78 is 13.5. The van der Waals surface area contributed by atoms with Crippen molar-refractivity contribution in [2.45, 2.75) is 13.0 Å². The molecule has 3 nitrogen and oxygen atoms in total. The molecule has 22 heavy (non-hydrogen) atoms. The lowest BCUT2D eigenvalue weighted by molar-refractivity contribution is -0.682. The molecular formula is C16H16Cl2FN2O+. The van der Waals surface area contributed by atoms with E-state index in [1.165, 1.54) is 18.2 Å². The maximum atomic E-state index is 13.5. The fourth-order valence-corrected chi connectivity index (χ4v) is 2.38. The van der Waals surface area contributed by atoms with Crippen LogP contribution >= 0.6 is 23.2 Å². The first kappa shape index (κ1) is 16.7. The van der Waals surface area contributed by atoms with Crippen LogP contribution < -0.4 is 10.6 Å². The van der Waals surface area contributed by atoms with Crippen LogP contribution in [-0.2, 0) is 4.79 Å². The molecular weight excluding hydrogens is 326 g/mol. The highest BCUT2D eigenvalue weighted by Gasteiger charge is 2.13. The van der Waals surface area contributed by atoms with E-state index in [0.29, 0.717) is 10.0 Å². The Bertz CT molecular complexity index is 679. The minimum absolute atomic E-state index is 0.0636. The van der Waals surface area contributed by atoms with Gasteiger partial charge in [0.1, 0.15) is 11.9 Å². The maximum Gasteiger partial charge on any atom is 0.279 e. The van der Waals surface area contributed by atoms with Crippen molar-refractivity contribution in [3.05, 3.63) is 63.9 Å². The summed E-state index contributed by atoms with van der Waals surface area (Å²) in [7, 11) is 0. The normalized spacial score (nSPS) is 12.0. The van der Waals surface area contributed by atoms with E-state index in [1.54, 1.807) is 6.07 Å². The molecule has 2 rings (SSSR count). The number of anilines is 1. The lowest BCUT2D eigenvalue weighted by Gasteiger charge is -2.12. The summed E-state index contributed by atoms with van der Waals surface area (Å²) in [5, 5.41) is 5.39. The Kier molecular flexibility index (Phi) is 5.77. The lowest BCUT2D eigenvalue weighted by atomic mass is 10.1. The van der Waals surface area contributed by atoms with Crippen molar-refractivity contribution < 1.29 is 14.5 Å². The SMILES string of the molecule is C[C@@H]([NH2+]CC(=O)Nc1cc(Cl)ccc1F)c1cccc(Cl)c1. The van der Waals surface area contributed by atoms with E-state index in [0.717, 1.165) is 5.56 Å². The molecule has 0 aliphatic rings. The van der Waals surface area contributed by atoms with Crippen molar-refractivity contribution >= 4 is 34.8 Å². The molecule has 0 fully saturated rings. The Morgan fingerprint density at radius 1 is 1.23 bits per heavy atom. The monoisotopic (exact) mass is 341 g/mol. The number of nitrogens with two attached hydrogens (primary N) is 1. The molecule has 0 saturated carbocycles. The van der Waals surface area contributed by atoms with Crippen molar-refractivity contribution in [2.24, 2.45) is 0 Å². The van der Waals surface area contributed by atoms with Gasteiger partial charge < -0.3 is 10.6 Å². The molecule has 2 aromatic rings. The number of nitrogens with one attached hydrogen (secondary N) is 1. The molecule has 0 bridgehead atoms. The molecule has 0 aliphatic heterocycles. The number of benzene rings is 2. The third-order valence-electron chi connectivity index (χ3n) is 3.23. The second-order valence-electron chi connectivity index (χ2n) is 4.96. The molecule has 0 radical (unpaired) electrons. The molecule has 0 heterocycles. The number of halogens is 3. The molecule has 0 aliphatic carbocycles. The minimum atomic E-state index is -0.513. The third-order valence-corrected chi connectivity index (χ3v) is 3.70. The lowest BCUT2D eigenvalue weighted by Crippen LogP contribution is -2.86. The predicted octanol–water partition coefficient (Wildman–Crippen LogP) is 3.40. The minimum Gasteiger partial charge on any atom is -0.333 e. The van der Waals surface area contributed by atoms with E-state index < -0.39 is 5.82 Å². The van der Waals surface area contributed by atoms with Crippen LogP contribution in [0.2, 0.25) is 10.0 Å². The van der Waals surface area contributed by atoms with Crippen molar-refractivity contribution in [1.29, 1.82) is 0 Å². The molecule has 0 unspecified atom stereocenters. The molecule has 1 amide bonds. The smallest absolute Gasteiger partial charge is 0.279 e. The first-order valence-electron chi connectivity index (χ1n) is 6.79. The van der Waals surface area contributed by atoms with E-state index in [2.05, 4.69) is 5.32 Å². The highest BCUT2D eigenvalue weighted by atomic mass is 35.5. The van der Waals surface area contributed by atoms with Crippen LogP contribution in [-0.4, -0.2) is 12.5 Å². The van der Waals surface area contributed by atoms with Crippen molar-refractivity contribution in [3.8, 4) is 0 Å². The highest BCUT2D eigenvalue weighted by Crippen LogP contribution is 2.19. The Morgan fingerprint density at radius 3 is 2.68 bits per heavy atom. The van der Waals surface area contributed by atoms with Crippen molar-refractivity contribution in [2.75, 3.05) is 11.9 Å². The van der Waals surface area contributed by atoms with Gasteiger partial charge in [-0.05, 0) is 37.3 Å². The second kappa shape index (κ2) is 7.58. The van der Waals surface area contributed by atoms with Gasteiger partial charge in [0.2, 0.25) is 0 Å². The van der Waals surface area contributed by atoms with E-state index in [1.807, 2.05) is 30.4 Å². The summed E-state index contributed by atoms with van der Waals surface area (Å²) in [6.07, 6.45) is 0. The van der Waals surface area contributed by atoms with Crippen LogP contribution in [0.4, 0.5) is 10.1 Å². The second-order valence-corrected chi connectivity index (χ2v) is 5.83. The summed E-state index contributed by atoms with van der Waals surface area (Å²) in [6, 6.07) is 11.6. The molecule has 0 saturated heterocycles. The zero-order valence-electron chi connectivity index (χ0n) is 11.9. The Labute approximate surface area is 138 Å². The molecule has 2 aromatic carbocycles. The fraction of sp³-hybridized carbons (Fsp3) is 0.188. The topological polar surface area (TPSA) is 45.7 Å². The average molecular weight is 342 g/mol. The van der Waals surface area contributed by atoms with Gasteiger partial charge in [-0.3, -0.25) is 4.79 Å². The van der Waals surface area contributed by atoms with E-state index >= 15 is 0 Å². The maximum absolute atomic E-state index is 13.5. The largest absolute Gasteiger partial charge is 0.333 e. The molecule has 6 heteroatoms. The van der Waals surface area contributed by atoms with E-state index in [-0.39, 0.29) is 24.2 Å². The van der Waals surface area contributed by atoms with Gasteiger partial charge in [-0.25, -0.2) is 4.39 Å². The summed E-state index contributed by atoms with van der Waals surface area (Å²) in [6.45, 7) is 2.14. The fourth-order valence-electron chi connectivity index (χ4n) is 2.00. The average Bonchev–Trinajstić information content (AvgIpc) is 2.48. The van der Waals surface area contributed by atoms with Gasteiger partial charge in [0.05, 0.1) is 5.69 Å². The van der Waals surface area contributed by atoms with Gasteiger partial charge in [0, 0.05) is 15.6 Å². The summed E-state index contributed by atoms with van der Waals surface area (Å²) in [4.78, 5) is 11.9. The summed E-state index contributed by atoms with van der Waals surface area (Å²) >= 11 is 11.7. The Morgan fingerprint density at radius 2 is 1.95 bits per heavy atom. The number of carbonyl (C=O) groups is 1. The standard InChI is InChI=1S/C16H15Cl2FN2O/c1-10(11-3-2-4-12(17)7-11)20-9-16(22)21-15-8-13(18)5-6-14(15)19/h2-8,10,20H,9H2,1H3,(H,21,22)/p+1/t10-/m1/s1. The molecule has 116 valence electrons. The number of amides is 1. The van der Waals surface area contributed by atoms with Gasteiger partial charge >= 0.3 is 0 Å². The van der Waals surface area contributed by atoms with Gasteiger partial charge in [0.15, 0.2) is 6.54 Å². The summed E-state index contributed by atoms with van der Waals surface area (Å²) in [5.41, 5.74) is 1.11. The number of hydrogen-bond acceptors (Lipinski definition) is 1. The molecule has 1 atom stereocenters. The van der Waals surface area contributed by atoms with Gasteiger partial charge in [-0.15, -0.1) is 0 Å². The van der Waals surface area contributed by atoms with Gasteiger partial charge in [-0.1, -0.05) is 35.3 Å². The Hall–Kier alpha value is -1.62. The van der Waals surface area contributed by atoms with Crippen molar-refractivity contribution in [1.82, 2.24) is 0 Å². The van der Waals surface area contributed by atoms with Gasteiger partial charge in [-0.2, -0.15) is 0 Å². The molecule has 0 aromatic heterocycles. The predicted molar refractivity (Wildman–Crippen MR) is 86.7 cm³/mol. The van der Waals surface area contributed by atoms with Crippen LogP contribution in [0.1, 0.15) is 18.5 Å². The van der Waals surface area contributed by atoms with Crippen LogP contribution in [0.3, 0.4) is 0 Å². The highest BCUT2D eigenvalue weighted by molar-refractivity contribution is 6.31. The van der Waals surface area contributed by atoms with Gasteiger partial charge in [0.25, 0.3) is 5.91 Å². The quantitative estimate of drug-likeness (QED) is 0.860. The van der Waals surface area contributed by atoms with Crippen molar-refractivity contribution in [3.63, 3.8) is 0 Å². The van der Waals surface area contributed by atoms with Crippen LogP contribution in [0.25, 0.3) is 0 Å². The molecule has 0 spiro atoms. The third kappa shape index (κ3) is 4.70. The van der Waals surface area contributed by atoms with E-state index in [4.69, 9.17) is 23.2 Å². The van der Waals surface area contributed by atoms with Crippen LogP contribution in [0, 0.1) is 5.82 Å². The van der Waals surface area contributed by atoms with E-state index in [9.17, 15) is 9.18 Å². The zero-order valence-corrected chi connectivity index (χ0v) is 13.5. The Balaban J connectivity index is 1.91.